The number of methoxy groups -OCH3 is 1. The normalized spacial score (nSPS) is 14.2. The molecule has 0 N–H and O–H groups in total. The van der Waals surface area contributed by atoms with Gasteiger partial charge in [-0.05, 0) is 73.2 Å². The summed E-state index contributed by atoms with van der Waals surface area (Å²) in [6.07, 6.45) is 3.21. The monoisotopic (exact) mass is 531 g/mol. The van der Waals surface area contributed by atoms with Crippen LogP contribution in [0.3, 0.4) is 0 Å². The standard InChI is InChI=1S/C34H46NO2P/c1-10-20-34(11-2,30-22-27(33(6,7)8)21-25(4)31(30)37-23-36-9)38-32-24(3)16-15-19-29(32)26(5)35-28-17-13-12-14-18-28/h12-19,21-22,38H,10-11,20,23H2,1-9H3/b35-26+. The fourth-order valence-electron chi connectivity index (χ4n) is 5.15. The highest BCUT2D eigenvalue weighted by Crippen LogP contribution is 2.53. The maximum Gasteiger partial charge on any atom is 0.188 e. The summed E-state index contributed by atoms with van der Waals surface area (Å²) in [5.41, 5.74) is 8.48. The van der Waals surface area contributed by atoms with Crippen LogP contribution in [0, 0.1) is 13.8 Å². The van der Waals surface area contributed by atoms with Crippen LogP contribution in [0.15, 0.2) is 65.7 Å². The van der Waals surface area contributed by atoms with Crippen LogP contribution in [-0.2, 0) is 15.3 Å². The Morgan fingerprint density at radius 3 is 2.24 bits per heavy atom. The van der Waals surface area contributed by atoms with Crippen LogP contribution in [0.2, 0.25) is 0 Å². The van der Waals surface area contributed by atoms with Crippen molar-refractivity contribution in [3.05, 3.63) is 88.5 Å². The molecule has 4 heteroatoms. The summed E-state index contributed by atoms with van der Waals surface area (Å²) in [6, 6.07) is 21.6. The van der Waals surface area contributed by atoms with Gasteiger partial charge in [0.1, 0.15) is 5.75 Å². The van der Waals surface area contributed by atoms with E-state index in [1.807, 2.05) is 18.2 Å². The van der Waals surface area contributed by atoms with Gasteiger partial charge in [-0.3, -0.25) is 4.99 Å². The van der Waals surface area contributed by atoms with E-state index in [1.165, 1.54) is 33.1 Å². The van der Waals surface area contributed by atoms with Gasteiger partial charge < -0.3 is 9.47 Å². The first-order valence-corrected chi connectivity index (χ1v) is 14.8. The summed E-state index contributed by atoms with van der Waals surface area (Å²) in [6.45, 7) is 18.3. The molecular weight excluding hydrogens is 485 g/mol. The molecule has 0 bridgehead atoms. The van der Waals surface area contributed by atoms with Gasteiger partial charge in [0.05, 0.1) is 5.69 Å². The van der Waals surface area contributed by atoms with E-state index >= 15 is 0 Å². The SMILES string of the molecule is CCCC(CC)(Pc1c(C)cccc1/C(C)=N/c1ccccc1)c1cc(C(C)(C)C)cc(C)c1OCOC. The zero-order valence-corrected chi connectivity index (χ0v) is 25.9. The third-order valence-corrected chi connectivity index (χ3v) is 9.60. The highest BCUT2D eigenvalue weighted by atomic mass is 31.1. The number of aryl methyl sites for hydroxylation is 2. The lowest BCUT2D eigenvalue weighted by Gasteiger charge is -2.38. The topological polar surface area (TPSA) is 30.8 Å². The lowest BCUT2D eigenvalue weighted by molar-refractivity contribution is 0.0493. The third-order valence-electron chi connectivity index (χ3n) is 7.34. The molecule has 0 fully saturated rings. The molecule has 3 aromatic carbocycles. The number of para-hydroxylation sites is 1. The first-order chi connectivity index (χ1) is 18.1. The van der Waals surface area contributed by atoms with Gasteiger partial charge in [-0.15, -0.1) is 0 Å². The Bertz CT molecular complexity index is 1240. The summed E-state index contributed by atoms with van der Waals surface area (Å²) >= 11 is 0. The number of ether oxygens (including phenoxy) is 2. The van der Waals surface area contributed by atoms with Gasteiger partial charge in [-0.1, -0.05) is 98.2 Å². The van der Waals surface area contributed by atoms with E-state index in [1.54, 1.807) is 7.11 Å². The molecule has 2 atom stereocenters. The Balaban J connectivity index is 2.24. The fourth-order valence-corrected chi connectivity index (χ4v) is 7.18. The maximum absolute atomic E-state index is 6.32. The molecule has 204 valence electrons. The fraction of sp³-hybridized carbons (Fsp3) is 0.441. The van der Waals surface area contributed by atoms with Crippen molar-refractivity contribution in [3.63, 3.8) is 0 Å². The van der Waals surface area contributed by atoms with Crippen molar-refractivity contribution in [2.75, 3.05) is 13.9 Å². The van der Waals surface area contributed by atoms with Crippen molar-refractivity contribution in [1.82, 2.24) is 0 Å². The van der Waals surface area contributed by atoms with Crippen molar-refractivity contribution in [1.29, 1.82) is 0 Å². The molecule has 3 aromatic rings. The molecular formula is C34H46NO2P. The van der Waals surface area contributed by atoms with E-state index in [2.05, 4.69) is 97.9 Å². The molecule has 0 heterocycles. The average Bonchev–Trinajstić information content (AvgIpc) is 2.88. The van der Waals surface area contributed by atoms with Gasteiger partial charge in [0.2, 0.25) is 0 Å². The highest BCUT2D eigenvalue weighted by Gasteiger charge is 2.36. The number of hydrogen-bond donors (Lipinski definition) is 0. The third kappa shape index (κ3) is 6.93. The molecule has 0 saturated heterocycles. The Hall–Kier alpha value is -2.48. The van der Waals surface area contributed by atoms with Gasteiger partial charge in [-0.25, -0.2) is 0 Å². The summed E-state index contributed by atoms with van der Waals surface area (Å²) in [7, 11) is 2.27. The van der Waals surface area contributed by atoms with Crippen LogP contribution in [0.4, 0.5) is 5.69 Å². The maximum atomic E-state index is 6.32. The number of nitrogens with zero attached hydrogens (tertiary/aromatic N) is 1. The smallest absolute Gasteiger partial charge is 0.188 e. The second-order valence-corrected chi connectivity index (χ2v) is 13.0. The Morgan fingerprint density at radius 1 is 0.921 bits per heavy atom. The second-order valence-electron chi connectivity index (χ2n) is 11.3. The summed E-state index contributed by atoms with van der Waals surface area (Å²) in [5.74, 6) is 0.979. The minimum Gasteiger partial charge on any atom is -0.467 e. The van der Waals surface area contributed by atoms with E-state index in [9.17, 15) is 0 Å². The number of rotatable bonds is 11. The zero-order valence-electron chi connectivity index (χ0n) is 24.9. The molecule has 0 radical (unpaired) electrons. The van der Waals surface area contributed by atoms with E-state index in [0.29, 0.717) is 8.58 Å². The molecule has 0 aliphatic heterocycles. The molecule has 0 saturated carbocycles. The summed E-state index contributed by atoms with van der Waals surface area (Å²) in [4.78, 5) is 5.00. The lowest BCUT2D eigenvalue weighted by Crippen LogP contribution is -2.28. The zero-order chi connectivity index (χ0) is 27.9. The molecule has 3 rings (SSSR count). The van der Waals surface area contributed by atoms with E-state index < -0.39 is 0 Å². The first kappa shape index (κ1) is 30.1. The van der Waals surface area contributed by atoms with Crippen molar-refractivity contribution in [2.45, 2.75) is 85.2 Å². The van der Waals surface area contributed by atoms with Gasteiger partial charge in [0, 0.05) is 29.1 Å². The molecule has 0 aliphatic carbocycles. The largest absolute Gasteiger partial charge is 0.467 e. The molecule has 0 aliphatic rings. The number of aliphatic imine (C=N–C) groups is 1. The quantitative estimate of drug-likeness (QED) is 0.140. The molecule has 0 amide bonds. The minimum absolute atomic E-state index is 0.0425. The van der Waals surface area contributed by atoms with E-state index in [0.717, 1.165) is 36.4 Å². The van der Waals surface area contributed by atoms with Crippen LogP contribution < -0.4 is 10.0 Å². The predicted molar refractivity (Wildman–Crippen MR) is 167 cm³/mol. The van der Waals surface area contributed by atoms with Crippen molar-refractivity contribution in [2.24, 2.45) is 4.99 Å². The van der Waals surface area contributed by atoms with Crippen LogP contribution in [0.5, 0.6) is 5.75 Å². The van der Waals surface area contributed by atoms with Gasteiger partial charge >= 0.3 is 0 Å². The van der Waals surface area contributed by atoms with Crippen molar-refractivity contribution >= 4 is 25.3 Å². The minimum atomic E-state index is -0.0578. The van der Waals surface area contributed by atoms with Crippen molar-refractivity contribution in [3.8, 4) is 5.75 Å². The Kier molecular flexibility index (Phi) is 10.3. The highest BCUT2D eigenvalue weighted by molar-refractivity contribution is 7.49. The van der Waals surface area contributed by atoms with E-state index in [4.69, 9.17) is 14.5 Å². The average molecular weight is 532 g/mol. The molecule has 38 heavy (non-hydrogen) atoms. The molecule has 0 aromatic heterocycles. The molecule has 2 unspecified atom stereocenters. The van der Waals surface area contributed by atoms with Crippen LogP contribution in [0.1, 0.15) is 88.6 Å². The van der Waals surface area contributed by atoms with Gasteiger partial charge in [-0.2, -0.15) is 0 Å². The summed E-state index contributed by atoms with van der Waals surface area (Å²) < 4.78 is 11.7. The molecule has 0 spiro atoms. The van der Waals surface area contributed by atoms with Crippen LogP contribution in [-0.4, -0.2) is 19.6 Å². The number of benzene rings is 3. The van der Waals surface area contributed by atoms with Gasteiger partial charge in [0.15, 0.2) is 6.79 Å². The number of hydrogen-bond acceptors (Lipinski definition) is 3. The second kappa shape index (κ2) is 13.0. The van der Waals surface area contributed by atoms with Crippen LogP contribution in [0.25, 0.3) is 0 Å². The first-order valence-electron chi connectivity index (χ1n) is 13.8. The van der Waals surface area contributed by atoms with Gasteiger partial charge in [0.25, 0.3) is 0 Å². The van der Waals surface area contributed by atoms with E-state index in [-0.39, 0.29) is 17.4 Å². The lowest BCUT2D eigenvalue weighted by atomic mass is 9.81. The Labute approximate surface area is 232 Å². The molecule has 3 nitrogen and oxygen atoms in total. The van der Waals surface area contributed by atoms with Crippen LogP contribution >= 0.6 is 8.58 Å². The Morgan fingerprint density at radius 2 is 1.63 bits per heavy atom. The summed E-state index contributed by atoms with van der Waals surface area (Å²) in [5, 5.41) is 1.34. The predicted octanol–water partition coefficient (Wildman–Crippen LogP) is 9.13. The van der Waals surface area contributed by atoms with Crippen molar-refractivity contribution < 1.29 is 9.47 Å².